The lowest BCUT2D eigenvalue weighted by atomic mass is 10.5. The number of rotatable bonds is 5. The normalized spacial score (nSPS) is 24.6. The van der Waals surface area contributed by atoms with Crippen molar-refractivity contribution in [3.63, 3.8) is 0 Å². The zero-order valence-electron chi connectivity index (χ0n) is 10.6. The van der Waals surface area contributed by atoms with Crippen molar-refractivity contribution in [2.45, 2.75) is 11.7 Å². The number of primary amides is 1. The van der Waals surface area contributed by atoms with Crippen LogP contribution in [-0.2, 0) is 13.8 Å². The second-order valence-electron chi connectivity index (χ2n) is 4.05. The summed E-state index contributed by atoms with van der Waals surface area (Å²) in [6.45, 7) is -0.310. The fourth-order valence-electron chi connectivity index (χ4n) is 1.55. The zero-order chi connectivity index (χ0) is 15.6. The smallest absolute Gasteiger partial charge is 0.383 e. The number of nitrogens with two attached hydrogens (primary N) is 2. The van der Waals surface area contributed by atoms with E-state index in [2.05, 4.69) is 9.51 Å². The number of carbonyl (C=O) groups is 1. The van der Waals surface area contributed by atoms with E-state index in [0.29, 0.717) is 5.75 Å². The molecule has 10 nitrogen and oxygen atoms in total. The molecule has 1 unspecified atom stereocenters. The molecular formula is C9H13N4O6PS. The zero-order valence-corrected chi connectivity index (χ0v) is 12.3. The topological polar surface area (TPSA) is 160 Å². The Morgan fingerprint density at radius 3 is 3.05 bits per heavy atom. The molecule has 1 aromatic heterocycles. The van der Waals surface area contributed by atoms with Gasteiger partial charge in [-0.15, -0.1) is 11.8 Å². The summed E-state index contributed by atoms with van der Waals surface area (Å²) in [4.78, 5) is 35.0. The van der Waals surface area contributed by atoms with E-state index in [-0.39, 0.29) is 12.4 Å². The van der Waals surface area contributed by atoms with Crippen molar-refractivity contribution in [2.24, 2.45) is 5.73 Å². The molecular weight excluding hydrogens is 323 g/mol. The van der Waals surface area contributed by atoms with Crippen molar-refractivity contribution in [1.29, 1.82) is 0 Å². The Kier molecular flexibility index (Phi) is 4.69. The van der Waals surface area contributed by atoms with Crippen LogP contribution in [0, 0.1) is 0 Å². The van der Waals surface area contributed by atoms with Crippen molar-refractivity contribution in [1.82, 2.24) is 9.55 Å². The highest BCUT2D eigenvalue weighted by atomic mass is 32.2. The number of nitrogens with zero attached hydrogens (tertiary/aromatic N) is 2. The highest BCUT2D eigenvalue weighted by molar-refractivity contribution is 8.00. The number of hydrogen-bond donors (Lipinski definition) is 3. The maximum Gasteiger partial charge on any atom is 0.415 e. The van der Waals surface area contributed by atoms with E-state index in [0.717, 1.165) is 0 Å². The van der Waals surface area contributed by atoms with Crippen LogP contribution in [0.2, 0.25) is 0 Å². The molecule has 0 aromatic carbocycles. The molecule has 1 fully saturated rings. The standard InChI is InChI=1S/C9H13N4O6PS/c10-5-1-2-13(9(15)12-5)6-4-21-7(19-6)3-18-20(16,17)8(11)14/h1-2,6-7H,3-4H2,(H2,11,14)(H,16,17)(H2,10,12,15)/t6-,7+/m0/s1. The third-order valence-electron chi connectivity index (χ3n) is 2.56. The van der Waals surface area contributed by atoms with E-state index in [1.807, 2.05) is 0 Å². The molecule has 3 atom stereocenters. The minimum Gasteiger partial charge on any atom is -0.383 e. The maximum atomic E-state index is 11.6. The van der Waals surface area contributed by atoms with Gasteiger partial charge >= 0.3 is 18.9 Å². The quantitative estimate of drug-likeness (QED) is 0.613. The Bertz CT molecular complexity index is 651. The summed E-state index contributed by atoms with van der Waals surface area (Å²) in [7, 11) is -4.48. The van der Waals surface area contributed by atoms with E-state index in [9.17, 15) is 14.2 Å². The number of hydrogen-bond acceptors (Lipinski definition) is 8. The highest BCUT2D eigenvalue weighted by Crippen LogP contribution is 2.43. The summed E-state index contributed by atoms with van der Waals surface area (Å²) >= 11 is 1.26. The molecule has 116 valence electrons. The molecule has 0 spiro atoms. The SMILES string of the molecule is NC(=O)P(=O)(O)OC[C@@H]1O[C@H](n2ccc(N)nc2=O)CS1. The van der Waals surface area contributed by atoms with Crippen LogP contribution in [0.25, 0.3) is 0 Å². The molecule has 0 bridgehead atoms. The molecule has 12 heteroatoms. The lowest BCUT2D eigenvalue weighted by Crippen LogP contribution is -2.28. The monoisotopic (exact) mass is 336 g/mol. The fourth-order valence-corrected chi connectivity index (χ4v) is 3.10. The number of ether oxygens (including phenoxy) is 1. The van der Waals surface area contributed by atoms with Gasteiger partial charge in [0.05, 0.1) is 6.61 Å². The summed E-state index contributed by atoms with van der Waals surface area (Å²) in [5, 5.41) is 0. The van der Waals surface area contributed by atoms with Gasteiger partial charge in [0.25, 0.3) is 0 Å². The second kappa shape index (κ2) is 6.16. The first kappa shape index (κ1) is 16.0. The molecule has 5 N–H and O–H groups in total. The van der Waals surface area contributed by atoms with Gasteiger partial charge in [-0.3, -0.25) is 13.9 Å². The number of amides is 1. The van der Waals surface area contributed by atoms with Gasteiger partial charge in [-0.25, -0.2) is 9.36 Å². The third-order valence-corrected chi connectivity index (χ3v) is 4.71. The van der Waals surface area contributed by atoms with Gasteiger partial charge in [0.15, 0.2) is 0 Å². The van der Waals surface area contributed by atoms with Gasteiger partial charge in [0.1, 0.15) is 17.5 Å². The summed E-state index contributed by atoms with van der Waals surface area (Å²) in [6.07, 6.45) is 0.843. The van der Waals surface area contributed by atoms with Crippen LogP contribution < -0.4 is 17.2 Å². The second-order valence-corrected chi connectivity index (χ2v) is 6.98. The van der Waals surface area contributed by atoms with Crippen molar-refractivity contribution >= 4 is 30.8 Å². The van der Waals surface area contributed by atoms with Gasteiger partial charge in [-0.2, -0.15) is 4.98 Å². The predicted molar refractivity (Wildman–Crippen MR) is 74.6 cm³/mol. The van der Waals surface area contributed by atoms with Gasteiger partial charge in [-0.1, -0.05) is 0 Å². The van der Waals surface area contributed by atoms with Crippen LogP contribution >= 0.6 is 19.4 Å². The van der Waals surface area contributed by atoms with Crippen LogP contribution in [0.3, 0.4) is 0 Å². The number of carbonyl (C=O) groups excluding carboxylic acids is 1. The molecule has 0 radical (unpaired) electrons. The molecule has 21 heavy (non-hydrogen) atoms. The molecule has 1 saturated heterocycles. The Labute approximate surface area is 123 Å². The lowest BCUT2D eigenvalue weighted by molar-refractivity contribution is -0.00311. The van der Waals surface area contributed by atoms with Gasteiger partial charge in [0, 0.05) is 11.9 Å². The Balaban J connectivity index is 1.96. The summed E-state index contributed by atoms with van der Waals surface area (Å²) < 4.78 is 22.5. The first-order valence-electron chi connectivity index (χ1n) is 5.68. The summed E-state index contributed by atoms with van der Waals surface area (Å²) in [6, 6.07) is 1.45. The molecule has 1 aliphatic heterocycles. The third kappa shape index (κ3) is 3.83. The molecule has 0 aliphatic carbocycles. The average Bonchev–Trinajstić information content (AvgIpc) is 2.85. The fraction of sp³-hybridized carbons (Fsp3) is 0.444. The minimum atomic E-state index is -4.48. The molecule has 1 amide bonds. The van der Waals surface area contributed by atoms with E-state index < -0.39 is 30.6 Å². The van der Waals surface area contributed by atoms with Crippen LogP contribution in [-0.4, -0.2) is 37.9 Å². The Morgan fingerprint density at radius 1 is 1.71 bits per heavy atom. The molecule has 1 aliphatic rings. The molecule has 2 heterocycles. The Hall–Kier alpha value is -1.39. The first-order valence-corrected chi connectivity index (χ1v) is 8.31. The summed E-state index contributed by atoms with van der Waals surface area (Å²) in [5.41, 5.74) is 7.50. The Morgan fingerprint density at radius 2 is 2.43 bits per heavy atom. The van der Waals surface area contributed by atoms with Gasteiger partial charge in [-0.05, 0) is 6.07 Å². The van der Waals surface area contributed by atoms with E-state index in [1.54, 1.807) is 0 Å². The van der Waals surface area contributed by atoms with Crippen LogP contribution in [0.5, 0.6) is 0 Å². The van der Waals surface area contributed by atoms with Crippen LogP contribution in [0.1, 0.15) is 6.23 Å². The molecule has 0 saturated carbocycles. The molecule has 1 aromatic rings. The largest absolute Gasteiger partial charge is 0.415 e. The average molecular weight is 336 g/mol. The van der Waals surface area contributed by atoms with Crippen molar-refractivity contribution < 1.29 is 23.5 Å². The number of anilines is 1. The van der Waals surface area contributed by atoms with Crippen LogP contribution in [0.15, 0.2) is 17.1 Å². The van der Waals surface area contributed by atoms with E-state index in [1.165, 1.54) is 28.6 Å². The lowest BCUT2D eigenvalue weighted by Gasteiger charge is -2.15. The minimum absolute atomic E-state index is 0.101. The van der Waals surface area contributed by atoms with Crippen molar-refractivity contribution in [2.75, 3.05) is 18.1 Å². The number of nitrogen functional groups attached to an aromatic ring is 1. The van der Waals surface area contributed by atoms with E-state index in [4.69, 9.17) is 21.1 Å². The van der Waals surface area contributed by atoms with E-state index >= 15 is 0 Å². The van der Waals surface area contributed by atoms with Gasteiger partial charge in [0.2, 0.25) is 0 Å². The first-order chi connectivity index (χ1) is 9.79. The van der Waals surface area contributed by atoms with Crippen LogP contribution in [0.4, 0.5) is 10.6 Å². The summed E-state index contributed by atoms with van der Waals surface area (Å²) in [5.74, 6) is 0.510. The predicted octanol–water partition coefficient (Wildman–Crippen LogP) is -0.306. The molecule has 2 rings (SSSR count). The van der Waals surface area contributed by atoms with Crippen molar-refractivity contribution in [3.05, 3.63) is 22.7 Å². The number of aromatic nitrogens is 2. The highest BCUT2D eigenvalue weighted by Gasteiger charge is 2.33. The maximum absolute atomic E-state index is 11.6. The van der Waals surface area contributed by atoms with Gasteiger partial charge < -0.3 is 21.1 Å². The van der Waals surface area contributed by atoms with Crippen molar-refractivity contribution in [3.8, 4) is 0 Å². The number of thioether (sulfide) groups is 1.